The Hall–Kier alpha value is -1.58. The Morgan fingerprint density at radius 3 is 2.62 bits per heavy atom. The van der Waals surface area contributed by atoms with Gasteiger partial charge in [-0.15, -0.1) is 6.58 Å². The van der Waals surface area contributed by atoms with E-state index in [1.807, 2.05) is 13.0 Å². The molecule has 0 spiro atoms. The van der Waals surface area contributed by atoms with Crippen LogP contribution in [0, 0.1) is 5.92 Å². The maximum absolute atomic E-state index is 11.0. The third-order valence-electron chi connectivity index (χ3n) is 2.18. The lowest BCUT2D eigenvalue weighted by Gasteiger charge is -2.12. The molecule has 0 bridgehead atoms. The van der Waals surface area contributed by atoms with Crippen molar-refractivity contribution in [3.8, 4) is 0 Å². The van der Waals surface area contributed by atoms with Crippen molar-refractivity contribution in [2.75, 3.05) is 6.61 Å². The molecule has 1 N–H and O–H groups in total. The van der Waals surface area contributed by atoms with E-state index in [0.717, 1.165) is 31.4 Å². The van der Waals surface area contributed by atoms with Crippen molar-refractivity contribution in [2.24, 2.45) is 5.92 Å². The zero-order valence-electron chi connectivity index (χ0n) is 9.52. The molecule has 0 aromatic heterocycles. The minimum atomic E-state index is -1.16. The SMILES string of the molecule is C=CCC[C@@H](CC)COC(=O)/C=C\C(=O)O. The number of carbonyl (C=O) groups excluding carboxylic acids is 1. The molecule has 4 nitrogen and oxygen atoms in total. The summed E-state index contributed by atoms with van der Waals surface area (Å²) >= 11 is 0. The fraction of sp³-hybridized carbons (Fsp3) is 0.500. The number of hydrogen-bond donors (Lipinski definition) is 1. The number of carboxylic acids is 1. The molecule has 0 rings (SSSR count). The quantitative estimate of drug-likeness (QED) is 0.391. The maximum Gasteiger partial charge on any atom is 0.331 e. The van der Waals surface area contributed by atoms with Gasteiger partial charge in [-0.2, -0.15) is 0 Å². The van der Waals surface area contributed by atoms with Crippen molar-refractivity contribution in [3.05, 3.63) is 24.8 Å². The van der Waals surface area contributed by atoms with Gasteiger partial charge in [0, 0.05) is 12.2 Å². The number of hydrogen-bond acceptors (Lipinski definition) is 3. The lowest BCUT2D eigenvalue weighted by Crippen LogP contribution is -2.12. The standard InChI is InChI=1S/C12H18O4/c1-3-5-6-10(4-2)9-16-12(15)8-7-11(13)14/h3,7-8,10H,1,4-6,9H2,2H3,(H,13,14)/b8-7-/t10-/m1/s1. The predicted molar refractivity (Wildman–Crippen MR) is 60.9 cm³/mol. The van der Waals surface area contributed by atoms with Gasteiger partial charge in [0.05, 0.1) is 6.61 Å². The zero-order chi connectivity index (χ0) is 12.4. The van der Waals surface area contributed by atoms with Crippen molar-refractivity contribution in [1.29, 1.82) is 0 Å². The monoisotopic (exact) mass is 226 g/mol. The highest BCUT2D eigenvalue weighted by Crippen LogP contribution is 2.11. The van der Waals surface area contributed by atoms with E-state index in [1.165, 1.54) is 0 Å². The molecular weight excluding hydrogens is 208 g/mol. The second kappa shape index (κ2) is 8.71. The summed E-state index contributed by atoms with van der Waals surface area (Å²) in [7, 11) is 0. The minimum absolute atomic E-state index is 0.306. The molecule has 0 aliphatic heterocycles. The van der Waals surface area contributed by atoms with E-state index >= 15 is 0 Å². The first-order valence-corrected chi connectivity index (χ1v) is 5.28. The molecule has 0 unspecified atom stereocenters. The summed E-state index contributed by atoms with van der Waals surface area (Å²) in [5, 5.41) is 8.30. The molecule has 0 radical (unpaired) electrons. The normalized spacial score (nSPS) is 12.3. The molecule has 4 heteroatoms. The number of aliphatic carboxylic acids is 1. The van der Waals surface area contributed by atoms with Crippen LogP contribution in [0.4, 0.5) is 0 Å². The number of rotatable bonds is 8. The fourth-order valence-electron chi connectivity index (χ4n) is 1.15. The van der Waals surface area contributed by atoms with Crippen molar-refractivity contribution >= 4 is 11.9 Å². The number of esters is 1. The van der Waals surface area contributed by atoms with Gasteiger partial charge in [-0.1, -0.05) is 19.4 Å². The largest absolute Gasteiger partial charge is 0.478 e. The van der Waals surface area contributed by atoms with Crippen LogP contribution in [-0.2, 0) is 14.3 Å². The van der Waals surface area contributed by atoms with Gasteiger partial charge in [0.15, 0.2) is 0 Å². The molecule has 0 aliphatic rings. The summed E-state index contributed by atoms with van der Waals surface area (Å²) in [4.78, 5) is 21.2. The lowest BCUT2D eigenvalue weighted by atomic mass is 10.0. The van der Waals surface area contributed by atoms with Crippen molar-refractivity contribution in [1.82, 2.24) is 0 Å². The molecular formula is C12H18O4. The predicted octanol–water partition coefficient (Wildman–Crippen LogP) is 2.16. The maximum atomic E-state index is 11.0. The number of ether oxygens (including phenoxy) is 1. The highest BCUT2D eigenvalue weighted by molar-refractivity contribution is 5.90. The average molecular weight is 226 g/mol. The van der Waals surface area contributed by atoms with E-state index < -0.39 is 11.9 Å². The molecule has 0 aromatic rings. The Kier molecular flexibility index (Phi) is 7.85. The van der Waals surface area contributed by atoms with Crippen LogP contribution in [0.5, 0.6) is 0 Å². The molecule has 0 aromatic carbocycles. The molecule has 0 amide bonds. The van der Waals surface area contributed by atoms with Crippen molar-refractivity contribution < 1.29 is 19.4 Å². The second-order valence-electron chi connectivity index (χ2n) is 3.44. The molecule has 0 saturated heterocycles. The first kappa shape index (κ1) is 14.4. The van der Waals surface area contributed by atoms with Gasteiger partial charge in [-0.25, -0.2) is 9.59 Å². The van der Waals surface area contributed by atoms with Crippen LogP contribution in [0.1, 0.15) is 26.2 Å². The Balaban J connectivity index is 3.87. The molecule has 1 atom stereocenters. The van der Waals surface area contributed by atoms with Crippen LogP contribution in [0.2, 0.25) is 0 Å². The Morgan fingerprint density at radius 2 is 2.12 bits per heavy atom. The third-order valence-corrected chi connectivity index (χ3v) is 2.18. The van der Waals surface area contributed by atoms with E-state index in [-0.39, 0.29) is 0 Å². The van der Waals surface area contributed by atoms with Gasteiger partial charge in [0.2, 0.25) is 0 Å². The zero-order valence-corrected chi connectivity index (χ0v) is 9.52. The Bertz CT molecular complexity index is 268. The third kappa shape index (κ3) is 7.79. The number of carbonyl (C=O) groups is 2. The van der Waals surface area contributed by atoms with Crippen LogP contribution >= 0.6 is 0 Å². The van der Waals surface area contributed by atoms with Crippen LogP contribution in [0.25, 0.3) is 0 Å². The first-order chi connectivity index (χ1) is 7.60. The summed E-state index contributed by atoms with van der Waals surface area (Å²) in [5.41, 5.74) is 0. The van der Waals surface area contributed by atoms with E-state index in [1.54, 1.807) is 0 Å². The second-order valence-corrected chi connectivity index (χ2v) is 3.44. The van der Waals surface area contributed by atoms with Crippen molar-refractivity contribution in [3.63, 3.8) is 0 Å². The van der Waals surface area contributed by atoms with Crippen molar-refractivity contribution in [2.45, 2.75) is 26.2 Å². The average Bonchev–Trinajstić information content (AvgIpc) is 2.26. The summed E-state index contributed by atoms with van der Waals surface area (Å²) in [6.07, 6.45) is 6.26. The van der Waals surface area contributed by atoms with Gasteiger partial charge in [-0.05, 0) is 18.8 Å². The number of allylic oxidation sites excluding steroid dienone is 1. The van der Waals surface area contributed by atoms with Gasteiger partial charge in [0.25, 0.3) is 0 Å². The molecule has 0 saturated carbocycles. The summed E-state index contributed by atoms with van der Waals surface area (Å²) in [6, 6.07) is 0. The van der Waals surface area contributed by atoms with Crippen LogP contribution in [0.3, 0.4) is 0 Å². The minimum Gasteiger partial charge on any atom is -0.478 e. The van der Waals surface area contributed by atoms with E-state index in [2.05, 4.69) is 6.58 Å². The molecule has 90 valence electrons. The van der Waals surface area contributed by atoms with Gasteiger partial charge < -0.3 is 9.84 Å². The highest BCUT2D eigenvalue weighted by Gasteiger charge is 2.07. The Labute approximate surface area is 95.6 Å². The lowest BCUT2D eigenvalue weighted by molar-refractivity contribution is -0.140. The molecule has 16 heavy (non-hydrogen) atoms. The van der Waals surface area contributed by atoms with Crippen LogP contribution in [0.15, 0.2) is 24.8 Å². The highest BCUT2D eigenvalue weighted by atomic mass is 16.5. The van der Waals surface area contributed by atoms with E-state index in [0.29, 0.717) is 12.5 Å². The van der Waals surface area contributed by atoms with E-state index in [9.17, 15) is 9.59 Å². The molecule has 0 aliphatic carbocycles. The van der Waals surface area contributed by atoms with E-state index in [4.69, 9.17) is 9.84 Å². The summed E-state index contributed by atoms with van der Waals surface area (Å²) in [5.74, 6) is -1.46. The molecule has 0 fully saturated rings. The Morgan fingerprint density at radius 1 is 1.44 bits per heavy atom. The smallest absolute Gasteiger partial charge is 0.331 e. The van der Waals surface area contributed by atoms with Crippen LogP contribution in [-0.4, -0.2) is 23.7 Å². The van der Waals surface area contributed by atoms with Gasteiger partial charge in [0.1, 0.15) is 0 Å². The van der Waals surface area contributed by atoms with Crippen LogP contribution < -0.4 is 0 Å². The molecule has 0 heterocycles. The number of carboxylic acid groups (broad SMARTS) is 1. The summed E-state index contributed by atoms with van der Waals surface area (Å²) < 4.78 is 4.92. The fourth-order valence-corrected chi connectivity index (χ4v) is 1.15. The van der Waals surface area contributed by atoms with Gasteiger partial charge in [-0.3, -0.25) is 0 Å². The topological polar surface area (TPSA) is 63.6 Å². The summed E-state index contributed by atoms with van der Waals surface area (Å²) in [6.45, 7) is 5.98. The van der Waals surface area contributed by atoms with Gasteiger partial charge >= 0.3 is 11.9 Å². The first-order valence-electron chi connectivity index (χ1n) is 5.28.